The molecular weight excluding hydrogens is 645 g/mol. The number of amides is 2. The van der Waals surface area contributed by atoms with Gasteiger partial charge in [0.25, 0.3) is 11.8 Å². The third-order valence-electron chi connectivity index (χ3n) is 7.41. The van der Waals surface area contributed by atoms with Crippen molar-refractivity contribution in [2.45, 2.75) is 65.1 Å². The molecule has 0 fully saturated rings. The van der Waals surface area contributed by atoms with Gasteiger partial charge in [0, 0.05) is 28.3 Å². The number of benzene rings is 2. The highest BCUT2D eigenvalue weighted by Crippen LogP contribution is 2.45. The molecule has 5 rings (SSSR count). The first-order valence-corrected chi connectivity index (χ1v) is 17.0. The zero-order chi connectivity index (χ0) is 33.1. The predicted octanol–water partition coefficient (Wildman–Crippen LogP) is 6.28. The maximum absolute atomic E-state index is 12.7. The number of anilines is 1. The number of hydrogen-bond acceptors (Lipinski definition) is 9. The number of imide groups is 1. The first-order valence-electron chi connectivity index (χ1n) is 14.4. The Morgan fingerprint density at radius 2 is 1.69 bits per heavy atom. The maximum Gasteiger partial charge on any atom is 0.349 e. The van der Waals surface area contributed by atoms with Crippen LogP contribution in [0.1, 0.15) is 64.5 Å². The summed E-state index contributed by atoms with van der Waals surface area (Å²) in [6, 6.07) is 9.70. The standard InChI is InChI=1S/C19H17Cl2NO4.C13H18O5S/c1-2-26-19(25)16(21)10-11-9-12(7-8-15(11)20)22-17(23)13-5-3-4-6-14(13)18(22)24;1-5-16-12-13(2,3)10-8-9(18-19(4,14)15)6-7-11(10)17-12/h7-10H,2-6H2,1H3;6-8,12H,5H2,1-4H3/b16-10-;. The number of rotatable bonds is 8. The zero-order valence-corrected chi connectivity index (χ0v) is 28.0. The average molecular weight is 681 g/mol. The van der Waals surface area contributed by atoms with E-state index in [1.165, 1.54) is 11.0 Å². The van der Waals surface area contributed by atoms with E-state index >= 15 is 0 Å². The van der Waals surface area contributed by atoms with E-state index in [-0.39, 0.29) is 40.9 Å². The van der Waals surface area contributed by atoms with Crippen molar-refractivity contribution in [1.82, 2.24) is 0 Å². The Morgan fingerprint density at radius 3 is 2.27 bits per heavy atom. The number of carbonyl (C=O) groups is 3. The molecule has 2 aromatic carbocycles. The highest BCUT2D eigenvalue weighted by atomic mass is 35.5. The van der Waals surface area contributed by atoms with Crippen LogP contribution in [0.15, 0.2) is 52.6 Å². The molecule has 0 saturated carbocycles. The summed E-state index contributed by atoms with van der Waals surface area (Å²) in [5, 5.41) is 0.204. The number of nitrogens with zero attached hydrogens (tertiary/aromatic N) is 1. The summed E-state index contributed by atoms with van der Waals surface area (Å²) in [4.78, 5) is 38.2. The second-order valence-electron chi connectivity index (χ2n) is 11.1. The molecule has 1 atom stereocenters. The number of ether oxygens (including phenoxy) is 3. The smallest absolute Gasteiger partial charge is 0.349 e. The molecule has 10 nitrogen and oxygen atoms in total. The monoisotopic (exact) mass is 679 g/mol. The Kier molecular flexibility index (Phi) is 10.7. The van der Waals surface area contributed by atoms with Crippen molar-refractivity contribution in [3.05, 3.63) is 68.7 Å². The first-order chi connectivity index (χ1) is 21.2. The van der Waals surface area contributed by atoms with Crippen LogP contribution in [0.4, 0.5) is 5.69 Å². The number of fused-ring (bicyclic) bond motifs is 1. The van der Waals surface area contributed by atoms with E-state index in [1.807, 2.05) is 20.8 Å². The van der Waals surface area contributed by atoms with Crippen LogP contribution < -0.4 is 13.8 Å². The summed E-state index contributed by atoms with van der Waals surface area (Å²) in [6.45, 7) is 8.31. The number of halogens is 2. The van der Waals surface area contributed by atoms with Gasteiger partial charge in [0.05, 0.1) is 24.0 Å². The lowest BCUT2D eigenvalue weighted by Crippen LogP contribution is -2.34. The van der Waals surface area contributed by atoms with Gasteiger partial charge < -0.3 is 18.4 Å². The lowest BCUT2D eigenvalue weighted by Gasteiger charge is -2.25. The summed E-state index contributed by atoms with van der Waals surface area (Å²) in [7, 11) is -3.53. The summed E-state index contributed by atoms with van der Waals surface area (Å²) >= 11 is 12.1. The topological polar surface area (TPSA) is 126 Å². The second-order valence-corrected chi connectivity index (χ2v) is 13.5. The van der Waals surface area contributed by atoms with Gasteiger partial charge in [-0.05, 0) is 101 Å². The molecular formula is C32H35Cl2NO9S. The normalized spacial score (nSPS) is 19.0. The molecule has 2 aromatic rings. The van der Waals surface area contributed by atoms with Crippen molar-refractivity contribution in [3.8, 4) is 11.5 Å². The largest absolute Gasteiger partial charge is 0.464 e. The fourth-order valence-corrected chi connectivity index (χ4v) is 6.07. The third kappa shape index (κ3) is 7.71. The molecule has 0 spiro atoms. The minimum Gasteiger partial charge on any atom is -0.464 e. The number of esters is 1. The number of hydrogen-bond donors (Lipinski definition) is 0. The van der Waals surface area contributed by atoms with Crippen molar-refractivity contribution < 1.29 is 41.2 Å². The van der Waals surface area contributed by atoms with Crippen LogP contribution in [-0.4, -0.2) is 52.0 Å². The van der Waals surface area contributed by atoms with Crippen molar-refractivity contribution >= 4 is 62.9 Å². The van der Waals surface area contributed by atoms with Crippen LogP contribution in [0.5, 0.6) is 11.5 Å². The Balaban J connectivity index is 0.000000215. The second kappa shape index (κ2) is 13.9. The Bertz CT molecular complexity index is 1650. The summed E-state index contributed by atoms with van der Waals surface area (Å²) < 4.78 is 43.3. The van der Waals surface area contributed by atoms with Gasteiger partial charge in [-0.15, -0.1) is 0 Å². The lowest BCUT2D eigenvalue weighted by atomic mass is 9.85. The van der Waals surface area contributed by atoms with Gasteiger partial charge >= 0.3 is 16.1 Å². The number of carbonyl (C=O) groups excluding carboxylic acids is 3. The zero-order valence-electron chi connectivity index (χ0n) is 25.6. The third-order valence-corrected chi connectivity index (χ3v) is 8.52. The molecule has 0 aromatic heterocycles. The van der Waals surface area contributed by atoms with E-state index in [2.05, 4.69) is 0 Å². The lowest BCUT2D eigenvalue weighted by molar-refractivity contribution is -0.137. The highest BCUT2D eigenvalue weighted by molar-refractivity contribution is 7.86. The van der Waals surface area contributed by atoms with Crippen molar-refractivity contribution in [1.29, 1.82) is 0 Å². The molecule has 1 unspecified atom stereocenters. The van der Waals surface area contributed by atoms with Crippen LogP contribution in [-0.2, 0) is 39.4 Å². The van der Waals surface area contributed by atoms with Crippen LogP contribution in [0.2, 0.25) is 5.02 Å². The summed E-state index contributed by atoms with van der Waals surface area (Å²) in [5.74, 6) is -0.239. The SMILES string of the molecule is CCOC(=O)/C(Cl)=C/c1cc(N2C(=O)C3=C(CCCC3)C2=O)ccc1Cl.CCOC1Oc2ccc(OS(C)(=O)=O)cc2C1(C)C. The predicted molar refractivity (Wildman–Crippen MR) is 171 cm³/mol. The summed E-state index contributed by atoms with van der Waals surface area (Å²) in [5.41, 5.74) is 2.57. The van der Waals surface area contributed by atoms with Gasteiger partial charge in [-0.2, -0.15) is 8.42 Å². The van der Waals surface area contributed by atoms with Gasteiger partial charge in [0.2, 0.25) is 6.29 Å². The van der Waals surface area contributed by atoms with E-state index in [0.717, 1.165) is 24.7 Å². The molecule has 242 valence electrons. The minimum atomic E-state index is -3.53. The molecule has 13 heteroatoms. The molecule has 0 bridgehead atoms. The summed E-state index contributed by atoms with van der Waals surface area (Å²) in [6.07, 6.45) is 5.09. The Labute approximate surface area is 273 Å². The van der Waals surface area contributed by atoms with Crippen molar-refractivity contribution in [2.24, 2.45) is 0 Å². The van der Waals surface area contributed by atoms with Gasteiger partial charge in [-0.1, -0.05) is 23.2 Å². The molecule has 0 radical (unpaired) electrons. The van der Waals surface area contributed by atoms with Crippen molar-refractivity contribution in [3.63, 3.8) is 0 Å². The fraction of sp³-hybridized carbons (Fsp3) is 0.406. The van der Waals surface area contributed by atoms with Gasteiger partial charge in [-0.25, -0.2) is 9.69 Å². The molecule has 3 aliphatic rings. The van der Waals surface area contributed by atoms with E-state index in [4.69, 9.17) is 41.6 Å². The molecule has 0 N–H and O–H groups in total. The van der Waals surface area contributed by atoms with Gasteiger partial charge in [-0.3, -0.25) is 9.59 Å². The first kappa shape index (κ1) is 34.5. The minimum absolute atomic E-state index is 0.137. The van der Waals surface area contributed by atoms with E-state index in [1.54, 1.807) is 43.3 Å². The average Bonchev–Trinajstić information content (AvgIpc) is 3.38. The fourth-order valence-electron chi connectivity index (χ4n) is 5.28. The molecule has 2 aliphatic heterocycles. The van der Waals surface area contributed by atoms with Gasteiger partial charge in [0.15, 0.2) is 0 Å². The molecule has 2 amide bonds. The van der Waals surface area contributed by atoms with Gasteiger partial charge in [0.1, 0.15) is 16.5 Å². The maximum atomic E-state index is 12.7. The van der Waals surface area contributed by atoms with Crippen molar-refractivity contribution in [2.75, 3.05) is 24.4 Å². The van der Waals surface area contributed by atoms with Crippen LogP contribution in [0.3, 0.4) is 0 Å². The van der Waals surface area contributed by atoms with Crippen LogP contribution >= 0.6 is 23.2 Å². The highest BCUT2D eigenvalue weighted by Gasteiger charge is 2.43. The van der Waals surface area contributed by atoms with Crippen LogP contribution in [0.25, 0.3) is 6.08 Å². The Morgan fingerprint density at radius 1 is 1.04 bits per heavy atom. The van der Waals surface area contributed by atoms with Crippen LogP contribution in [0, 0.1) is 0 Å². The molecule has 45 heavy (non-hydrogen) atoms. The molecule has 2 heterocycles. The molecule has 1 aliphatic carbocycles. The molecule has 0 saturated heterocycles. The Hall–Kier alpha value is -3.38. The van der Waals surface area contributed by atoms with E-state index in [9.17, 15) is 22.8 Å². The van der Waals surface area contributed by atoms with E-state index in [0.29, 0.717) is 52.6 Å². The quantitative estimate of drug-likeness (QED) is 0.137. The van der Waals surface area contributed by atoms with E-state index < -0.39 is 16.1 Å².